The molecule has 3 heteroatoms. The van der Waals surface area contributed by atoms with Crippen LogP contribution in [-0.4, -0.2) is 35.8 Å². The molecule has 0 bridgehead atoms. The van der Waals surface area contributed by atoms with Gasteiger partial charge in [-0.25, -0.2) is 0 Å². The molecular formula is C14H21NO2. The third-order valence-corrected chi connectivity index (χ3v) is 3.27. The smallest absolute Gasteiger partial charge is 0.120 e. The average molecular weight is 235 g/mol. The number of hydrogen-bond donors (Lipinski definition) is 1. The van der Waals surface area contributed by atoms with E-state index in [2.05, 4.69) is 11.8 Å². The molecule has 1 atom stereocenters. The van der Waals surface area contributed by atoms with Crippen molar-refractivity contribution in [3.8, 4) is 5.75 Å². The lowest BCUT2D eigenvalue weighted by molar-refractivity contribution is 0.0509. The summed E-state index contributed by atoms with van der Waals surface area (Å²) in [6, 6.07) is 7.57. The molecule has 0 spiro atoms. The Bertz CT molecular complexity index is 354. The molecule has 1 fully saturated rings. The van der Waals surface area contributed by atoms with Crippen molar-refractivity contribution >= 4 is 0 Å². The Kier molecular flexibility index (Phi) is 4.40. The summed E-state index contributed by atoms with van der Waals surface area (Å²) in [6.07, 6.45) is 2.46. The van der Waals surface area contributed by atoms with Crippen LogP contribution in [0.4, 0.5) is 0 Å². The zero-order valence-corrected chi connectivity index (χ0v) is 10.4. The molecule has 1 unspecified atom stereocenters. The number of phenols is 1. The first kappa shape index (κ1) is 12.4. The van der Waals surface area contributed by atoms with Gasteiger partial charge in [0.25, 0.3) is 0 Å². The molecule has 0 radical (unpaired) electrons. The zero-order valence-electron chi connectivity index (χ0n) is 10.4. The van der Waals surface area contributed by atoms with Crippen molar-refractivity contribution in [2.24, 2.45) is 0 Å². The van der Waals surface area contributed by atoms with Gasteiger partial charge in [-0.15, -0.1) is 0 Å². The van der Waals surface area contributed by atoms with E-state index in [1.165, 1.54) is 0 Å². The van der Waals surface area contributed by atoms with Crippen molar-refractivity contribution in [3.63, 3.8) is 0 Å². The minimum absolute atomic E-state index is 0.336. The van der Waals surface area contributed by atoms with Gasteiger partial charge < -0.3 is 9.84 Å². The fraction of sp³-hybridized carbons (Fsp3) is 0.571. The maximum Gasteiger partial charge on any atom is 0.120 e. The minimum Gasteiger partial charge on any atom is -0.508 e. The lowest BCUT2D eigenvalue weighted by Crippen LogP contribution is -2.31. The van der Waals surface area contributed by atoms with Crippen molar-refractivity contribution in [3.05, 3.63) is 29.8 Å². The Balaban J connectivity index is 2.00. The normalized spacial score (nSPS) is 22.3. The molecule has 1 N–H and O–H groups in total. The SMILES string of the molecule is CCC1CN(Cc2ccccc2O)CCCO1. The molecule has 1 aliphatic heterocycles. The second kappa shape index (κ2) is 6.03. The number of phenolic OH excluding ortho intramolecular Hbond substituents is 1. The van der Waals surface area contributed by atoms with Crippen LogP contribution in [0.3, 0.4) is 0 Å². The zero-order chi connectivity index (χ0) is 12.1. The highest BCUT2D eigenvalue weighted by atomic mass is 16.5. The molecule has 1 aromatic carbocycles. The number of ether oxygens (including phenoxy) is 1. The van der Waals surface area contributed by atoms with E-state index in [0.29, 0.717) is 11.9 Å². The predicted octanol–water partition coefficient (Wildman–Crippen LogP) is 2.39. The lowest BCUT2D eigenvalue weighted by Gasteiger charge is -2.23. The van der Waals surface area contributed by atoms with Crippen molar-refractivity contribution < 1.29 is 9.84 Å². The van der Waals surface area contributed by atoms with E-state index in [9.17, 15) is 5.11 Å². The van der Waals surface area contributed by atoms with Crippen molar-refractivity contribution in [1.82, 2.24) is 4.90 Å². The standard InChI is InChI=1S/C14H21NO2/c1-2-13-11-15(8-5-9-17-13)10-12-6-3-4-7-14(12)16/h3-4,6-7,13,16H,2,5,8-11H2,1H3. The Morgan fingerprint density at radius 3 is 3.00 bits per heavy atom. The van der Waals surface area contributed by atoms with Gasteiger partial charge in [0.2, 0.25) is 0 Å². The van der Waals surface area contributed by atoms with Gasteiger partial charge in [-0.2, -0.15) is 0 Å². The van der Waals surface area contributed by atoms with Crippen LogP contribution in [0.2, 0.25) is 0 Å². The van der Waals surface area contributed by atoms with Crippen LogP contribution < -0.4 is 0 Å². The molecule has 0 aromatic heterocycles. The third-order valence-electron chi connectivity index (χ3n) is 3.27. The molecule has 94 valence electrons. The quantitative estimate of drug-likeness (QED) is 0.873. The van der Waals surface area contributed by atoms with Gasteiger partial charge in [0.1, 0.15) is 5.75 Å². The summed E-state index contributed by atoms with van der Waals surface area (Å²) in [5, 5.41) is 9.78. The van der Waals surface area contributed by atoms with Crippen LogP contribution in [-0.2, 0) is 11.3 Å². The Labute approximate surface area is 103 Å². The number of rotatable bonds is 3. The summed E-state index contributed by atoms with van der Waals surface area (Å²) in [5.74, 6) is 0.394. The summed E-state index contributed by atoms with van der Waals surface area (Å²) < 4.78 is 5.75. The van der Waals surface area contributed by atoms with Crippen molar-refractivity contribution in [2.45, 2.75) is 32.4 Å². The van der Waals surface area contributed by atoms with E-state index in [4.69, 9.17) is 4.74 Å². The second-order valence-corrected chi connectivity index (χ2v) is 4.62. The van der Waals surface area contributed by atoms with E-state index in [-0.39, 0.29) is 0 Å². The first-order valence-corrected chi connectivity index (χ1v) is 6.40. The van der Waals surface area contributed by atoms with E-state index in [1.807, 2.05) is 18.2 Å². The topological polar surface area (TPSA) is 32.7 Å². The van der Waals surface area contributed by atoms with Gasteiger partial charge in [0, 0.05) is 31.8 Å². The number of hydrogen-bond acceptors (Lipinski definition) is 3. The number of aromatic hydroxyl groups is 1. The van der Waals surface area contributed by atoms with Crippen LogP contribution in [0.25, 0.3) is 0 Å². The molecule has 0 saturated carbocycles. The van der Waals surface area contributed by atoms with E-state index in [0.717, 1.165) is 44.6 Å². The van der Waals surface area contributed by atoms with Crippen LogP contribution in [0, 0.1) is 0 Å². The van der Waals surface area contributed by atoms with Crippen LogP contribution >= 0.6 is 0 Å². The van der Waals surface area contributed by atoms with E-state index in [1.54, 1.807) is 6.07 Å². The molecule has 2 rings (SSSR count). The molecule has 17 heavy (non-hydrogen) atoms. The highest BCUT2D eigenvalue weighted by molar-refractivity contribution is 5.31. The monoisotopic (exact) mass is 235 g/mol. The summed E-state index contributed by atoms with van der Waals surface area (Å²) in [7, 11) is 0. The number of para-hydroxylation sites is 1. The Hall–Kier alpha value is -1.06. The second-order valence-electron chi connectivity index (χ2n) is 4.62. The fourth-order valence-corrected chi connectivity index (χ4v) is 2.25. The Morgan fingerprint density at radius 2 is 2.24 bits per heavy atom. The van der Waals surface area contributed by atoms with Gasteiger partial charge in [0.05, 0.1) is 6.10 Å². The fourth-order valence-electron chi connectivity index (χ4n) is 2.25. The lowest BCUT2D eigenvalue weighted by atomic mass is 10.1. The van der Waals surface area contributed by atoms with Gasteiger partial charge in [-0.05, 0) is 18.9 Å². The van der Waals surface area contributed by atoms with E-state index < -0.39 is 0 Å². The molecule has 1 heterocycles. The van der Waals surface area contributed by atoms with Crippen LogP contribution in [0.1, 0.15) is 25.3 Å². The van der Waals surface area contributed by atoms with Crippen LogP contribution in [0.5, 0.6) is 5.75 Å². The average Bonchev–Trinajstić information content (AvgIpc) is 2.57. The largest absolute Gasteiger partial charge is 0.508 e. The van der Waals surface area contributed by atoms with Crippen LogP contribution in [0.15, 0.2) is 24.3 Å². The van der Waals surface area contributed by atoms with E-state index >= 15 is 0 Å². The molecule has 0 amide bonds. The number of nitrogens with zero attached hydrogens (tertiary/aromatic N) is 1. The summed E-state index contributed by atoms with van der Waals surface area (Å²) >= 11 is 0. The van der Waals surface area contributed by atoms with Gasteiger partial charge in [-0.1, -0.05) is 25.1 Å². The first-order valence-electron chi connectivity index (χ1n) is 6.40. The maximum absolute atomic E-state index is 9.78. The van der Waals surface area contributed by atoms with Gasteiger partial charge in [-0.3, -0.25) is 4.90 Å². The highest BCUT2D eigenvalue weighted by Crippen LogP contribution is 2.19. The van der Waals surface area contributed by atoms with Crippen molar-refractivity contribution in [2.75, 3.05) is 19.7 Å². The number of benzene rings is 1. The molecule has 1 saturated heterocycles. The summed E-state index contributed by atoms with van der Waals surface area (Å²) in [4.78, 5) is 2.37. The van der Waals surface area contributed by atoms with Gasteiger partial charge in [0.15, 0.2) is 0 Å². The summed E-state index contributed by atoms with van der Waals surface area (Å²) in [6.45, 7) is 5.84. The Morgan fingerprint density at radius 1 is 1.41 bits per heavy atom. The van der Waals surface area contributed by atoms with Gasteiger partial charge >= 0.3 is 0 Å². The molecule has 0 aliphatic carbocycles. The highest BCUT2D eigenvalue weighted by Gasteiger charge is 2.17. The molecular weight excluding hydrogens is 214 g/mol. The third kappa shape index (κ3) is 3.45. The minimum atomic E-state index is 0.336. The molecule has 1 aromatic rings. The van der Waals surface area contributed by atoms with Crippen molar-refractivity contribution in [1.29, 1.82) is 0 Å². The maximum atomic E-state index is 9.78. The molecule has 3 nitrogen and oxygen atoms in total. The summed E-state index contributed by atoms with van der Waals surface area (Å²) in [5.41, 5.74) is 1.00. The first-order chi connectivity index (χ1) is 8.29. The predicted molar refractivity (Wildman–Crippen MR) is 68.0 cm³/mol. The molecule has 1 aliphatic rings.